The molecule has 32 heavy (non-hydrogen) atoms. The fraction of sp³-hybridized carbons (Fsp3) is 0.0741. The third-order valence-electron chi connectivity index (χ3n) is 5.36. The van der Waals surface area contributed by atoms with E-state index in [9.17, 15) is 4.79 Å². The number of benzene rings is 3. The molecule has 3 aromatic carbocycles. The fourth-order valence-electron chi connectivity index (χ4n) is 3.98. The van der Waals surface area contributed by atoms with Crippen LogP contribution in [0.25, 0.3) is 0 Å². The molecule has 4 nitrogen and oxygen atoms in total. The van der Waals surface area contributed by atoms with Crippen molar-refractivity contribution in [2.24, 2.45) is 0 Å². The molecule has 0 aliphatic heterocycles. The normalized spacial score (nSPS) is 10.9. The molecule has 156 valence electrons. The summed E-state index contributed by atoms with van der Waals surface area (Å²) in [5, 5.41) is 9.30. The van der Waals surface area contributed by atoms with Gasteiger partial charge < -0.3 is 4.74 Å². The minimum absolute atomic E-state index is 0.148. The van der Waals surface area contributed by atoms with Gasteiger partial charge >= 0.3 is 5.97 Å². The quantitative estimate of drug-likeness (QED) is 0.282. The molecular formula is C27H19ClN2O2. The molecule has 0 aliphatic carbocycles. The second-order valence-corrected chi connectivity index (χ2v) is 7.59. The molecule has 0 saturated carbocycles. The number of nitriles is 1. The lowest BCUT2D eigenvalue weighted by molar-refractivity contribution is 0.0548. The zero-order valence-electron chi connectivity index (χ0n) is 17.1. The highest BCUT2D eigenvalue weighted by Gasteiger charge is 2.38. The van der Waals surface area contributed by atoms with Gasteiger partial charge in [0.05, 0.1) is 5.41 Å². The minimum atomic E-state index is -0.685. The first-order valence-electron chi connectivity index (χ1n) is 10.0. The van der Waals surface area contributed by atoms with Gasteiger partial charge in [-0.15, -0.1) is 0 Å². The molecule has 0 radical (unpaired) electrons. The maximum absolute atomic E-state index is 12.2. The van der Waals surface area contributed by atoms with Crippen molar-refractivity contribution in [1.29, 1.82) is 5.26 Å². The molecule has 0 bridgehead atoms. The summed E-state index contributed by atoms with van der Waals surface area (Å²) in [5.74, 6) is -0.630. The number of nitrogens with zero attached hydrogens (tertiary/aromatic N) is 2. The Morgan fingerprint density at radius 2 is 1.34 bits per heavy atom. The van der Waals surface area contributed by atoms with Crippen molar-refractivity contribution in [1.82, 2.24) is 4.98 Å². The number of halogens is 1. The van der Waals surface area contributed by atoms with Crippen molar-refractivity contribution < 1.29 is 9.53 Å². The fourth-order valence-corrected chi connectivity index (χ4v) is 4.11. The molecule has 0 atom stereocenters. The molecule has 0 amide bonds. The molecule has 0 N–H and O–H groups in total. The number of carbonyl (C=O) groups is 1. The maximum Gasteiger partial charge on any atom is 0.357 e. The first kappa shape index (κ1) is 21.3. The number of esters is 1. The van der Waals surface area contributed by atoms with Crippen molar-refractivity contribution in [3.63, 3.8) is 0 Å². The topological polar surface area (TPSA) is 63.0 Å². The number of rotatable bonds is 6. The third-order valence-corrected chi connectivity index (χ3v) is 5.62. The maximum atomic E-state index is 12.2. The van der Waals surface area contributed by atoms with Gasteiger partial charge in [0, 0.05) is 11.2 Å². The van der Waals surface area contributed by atoms with E-state index in [4.69, 9.17) is 21.6 Å². The number of carbonyl (C=O) groups excluding carboxylic acids is 1. The second-order valence-electron chi connectivity index (χ2n) is 7.16. The summed E-state index contributed by atoms with van der Waals surface area (Å²) in [6.45, 7) is -0.314. The van der Waals surface area contributed by atoms with E-state index < -0.39 is 11.4 Å². The first-order chi connectivity index (χ1) is 15.7. The molecule has 0 spiro atoms. The minimum Gasteiger partial charge on any atom is -0.446 e. The summed E-state index contributed by atoms with van der Waals surface area (Å²) < 4.78 is 4.89. The summed E-state index contributed by atoms with van der Waals surface area (Å²) in [6, 6.07) is 33.4. The average Bonchev–Trinajstić information content (AvgIpc) is 2.86. The summed E-state index contributed by atoms with van der Waals surface area (Å²) in [6.07, 6.45) is 1.69. The van der Waals surface area contributed by atoms with Crippen LogP contribution in [0.3, 0.4) is 0 Å². The Balaban J connectivity index is 1.96. The Kier molecular flexibility index (Phi) is 6.30. The van der Waals surface area contributed by atoms with E-state index in [1.807, 2.05) is 66.7 Å². The van der Waals surface area contributed by atoms with Gasteiger partial charge in [0.2, 0.25) is 0 Å². The smallest absolute Gasteiger partial charge is 0.357 e. The Bertz CT molecular complexity index is 1190. The van der Waals surface area contributed by atoms with Crippen LogP contribution in [-0.2, 0) is 10.2 Å². The number of ether oxygens (including phenoxy) is 1. The van der Waals surface area contributed by atoms with Crippen LogP contribution in [0.1, 0.15) is 32.7 Å². The highest BCUT2D eigenvalue weighted by molar-refractivity contribution is 6.30. The predicted octanol–water partition coefficient (Wildman–Crippen LogP) is 5.80. The van der Waals surface area contributed by atoms with E-state index in [1.165, 1.54) is 0 Å². The lowest BCUT2D eigenvalue weighted by Gasteiger charge is -2.36. The van der Waals surface area contributed by atoms with E-state index in [0.29, 0.717) is 5.02 Å². The van der Waals surface area contributed by atoms with Crippen LogP contribution in [0.2, 0.25) is 5.02 Å². The van der Waals surface area contributed by atoms with Crippen LogP contribution in [0, 0.1) is 11.3 Å². The van der Waals surface area contributed by atoms with Crippen LogP contribution in [-0.4, -0.2) is 17.6 Å². The van der Waals surface area contributed by atoms with Crippen LogP contribution in [0.4, 0.5) is 0 Å². The summed E-state index contributed by atoms with van der Waals surface area (Å²) in [5.41, 5.74) is 3.46. The highest BCUT2D eigenvalue weighted by atomic mass is 35.5. The molecule has 5 heteroatoms. The number of aromatic nitrogens is 1. The van der Waals surface area contributed by atoms with Gasteiger partial charge in [-0.05, 0) is 40.5 Å². The Morgan fingerprint density at radius 3 is 1.84 bits per heavy atom. The van der Waals surface area contributed by atoms with Crippen molar-refractivity contribution in [2.75, 3.05) is 6.61 Å². The lowest BCUT2D eigenvalue weighted by Crippen LogP contribution is -2.31. The third kappa shape index (κ3) is 3.99. The molecule has 0 fully saturated rings. The van der Waals surface area contributed by atoms with Gasteiger partial charge in [-0.25, -0.2) is 9.78 Å². The van der Waals surface area contributed by atoms with Crippen LogP contribution in [0.5, 0.6) is 0 Å². The van der Waals surface area contributed by atoms with Crippen molar-refractivity contribution in [3.8, 4) is 6.07 Å². The summed E-state index contributed by atoms with van der Waals surface area (Å²) in [4.78, 5) is 16.5. The van der Waals surface area contributed by atoms with Crippen LogP contribution < -0.4 is 0 Å². The zero-order chi connectivity index (χ0) is 22.4. The zero-order valence-corrected chi connectivity index (χ0v) is 17.9. The van der Waals surface area contributed by atoms with Crippen molar-refractivity contribution in [2.45, 2.75) is 5.41 Å². The lowest BCUT2D eigenvalue weighted by atomic mass is 9.65. The highest BCUT2D eigenvalue weighted by Crippen LogP contribution is 2.45. The van der Waals surface area contributed by atoms with Crippen LogP contribution in [0.15, 0.2) is 103 Å². The van der Waals surface area contributed by atoms with E-state index in [-0.39, 0.29) is 12.3 Å². The van der Waals surface area contributed by atoms with Crippen molar-refractivity contribution in [3.05, 3.63) is 136 Å². The largest absolute Gasteiger partial charge is 0.446 e. The Morgan fingerprint density at radius 1 is 0.812 bits per heavy atom. The summed E-state index contributed by atoms with van der Waals surface area (Å²) >= 11 is 6.21. The monoisotopic (exact) mass is 438 g/mol. The standard InChI is InChI=1S/C27H19ClN2O2/c28-24-14-11-22(12-15-24)27(20-7-3-1-4-8-20,21-9-5-2-6-10-21)23-13-16-25(30-19-23)26(31)32-18-17-29/h1-16,19H,18H2. The molecule has 1 heterocycles. The first-order valence-corrected chi connectivity index (χ1v) is 10.4. The van der Waals surface area contributed by atoms with Gasteiger partial charge in [-0.2, -0.15) is 5.26 Å². The molecule has 4 aromatic rings. The Labute approximate surface area is 191 Å². The predicted molar refractivity (Wildman–Crippen MR) is 123 cm³/mol. The molecule has 0 aliphatic rings. The van der Waals surface area contributed by atoms with Gasteiger partial charge in [-0.1, -0.05) is 90.5 Å². The molecule has 0 unspecified atom stereocenters. The summed E-state index contributed by atoms with van der Waals surface area (Å²) in [7, 11) is 0. The molecular weight excluding hydrogens is 420 g/mol. The average molecular weight is 439 g/mol. The SMILES string of the molecule is N#CCOC(=O)c1ccc(C(c2ccccc2)(c2ccccc2)c2ccc(Cl)cc2)cn1. The number of hydrogen-bond acceptors (Lipinski definition) is 4. The van der Waals surface area contributed by atoms with E-state index in [2.05, 4.69) is 29.2 Å². The molecule has 0 saturated heterocycles. The van der Waals surface area contributed by atoms with Gasteiger partial charge in [0.1, 0.15) is 11.8 Å². The van der Waals surface area contributed by atoms with E-state index in [0.717, 1.165) is 22.3 Å². The van der Waals surface area contributed by atoms with Gasteiger partial charge in [-0.3, -0.25) is 0 Å². The van der Waals surface area contributed by atoms with E-state index >= 15 is 0 Å². The van der Waals surface area contributed by atoms with Crippen molar-refractivity contribution >= 4 is 17.6 Å². The van der Waals surface area contributed by atoms with E-state index in [1.54, 1.807) is 18.3 Å². The Hall–Kier alpha value is -3.94. The molecule has 4 rings (SSSR count). The number of pyridine rings is 1. The molecule has 1 aromatic heterocycles. The van der Waals surface area contributed by atoms with Gasteiger partial charge in [0.15, 0.2) is 6.61 Å². The van der Waals surface area contributed by atoms with Gasteiger partial charge in [0.25, 0.3) is 0 Å². The van der Waals surface area contributed by atoms with Crippen LogP contribution >= 0.6 is 11.6 Å². The number of hydrogen-bond donors (Lipinski definition) is 0. The second kappa shape index (κ2) is 9.47.